The standard InChI is InChI=1S/C20H21F3N2O2.ClH/c21-20(22,23)27-17-8-6-14(7-9-17)10-19(26)25-12-16(11-24)18(13-25)15-4-2-1-3-5-15;/h1-9,16,18H,10-13,24H2;1H/t16-,18+;/m1./s1. The van der Waals surface area contributed by atoms with Gasteiger partial charge in [-0.05, 0) is 35.7 Å². The minimum Gasteiger partial charge on any atom is -0.406 e. The second kappa shape index (κ2) is 9.30. The van der Waals surface area contributed by atoms with Gasteiger partial charge in [0.1, 0.15) is 5.75 Å². The average molecular weight is 415 g/mol. The fourth-order valence-electron chi connectivity index (χ4n) is 3.49. The Kier molecular flexibility index (Phi) is 7.32. The number of nitrogens with two attached hydrogens (primary N) is 1. The van der Waals surface area contributed by atoms with Crippen LogP contribution in [0.1, 0.15) is 17.0 Å². The predicted octanol–water partition coefficient (Wildman–Crippen LogP) is 3.75. The van der Waals surface area contributed by atoms with Crippen LogP contribution >= 0.6 is 12.4 Å². The maximum atomic E-state index is 12.6. The molecule has 1 heterocycles. The summed E-state index contributed by atoms with van der Waals surface area (Å²) in [5, 5.41) is 0. The lowest BCUT2D eigenvalue weighted by Gasteiger charge is -2.17. The second-order valence-corrected chi connectivity index (χ2v) is 6.68. The SMILES string of the molecule is Cl.NC[C@@H]1CN(C(=O)Cc2ccc(OC(F)(F)F)cc2)C[C@H]1c1ccccc1. The van der Waals surface area contributed by atoms with Gasteiger partial charge in [0.15, 0.2) is 0 Å². The minimum atomic E-state index is -4.73. The van der Waals surface area contributed by atoms with Crippen LogP contribution in [-0.4, -0.2) is 36.8 Å². The molecule has 0 bridgehead atoms. The van der Waals surface area contributed by atoms with E-state index < -0.39 is 6.36 Å². The van der Waals surface area contributed by atoms with Crippen molar-refractivity contribution in [3.63, 3.8) is 0 Å². The molecule has 0 radical (unpaired) electrons. The Labute approximate surface area is 167 Å². The van der Waals surface area contributed by atoms with Crippen molar-refractivity contribution < 1.29 is 22.7 Å². The average Bonchev–Trinajstić information content (AvgIpc) is 3.07. The third-order valence-electron chi connectivity index (χ3n) is 4.84. The molecule has 0 unspecified atom stereocenters. The van der Waals surface area contributed by atoms with Gasteiger partial charge in [-0.3, -0.25) is 4.79 Å². The lowest BCUT2D eigenvalue weighted by atomic mass is 9.89. The highest BCUT2D eigenvalue weighted by Gasteiger charge is 2.35. The molecule has 0 saturated carbocycles. The molecule has 1 aliphatic rings. The maximum absolute atomic E-state index is 12.6. The molecular weight excluding hydrogens is 393 g/mol. The van der Waals surface area contributed by atoms with E-state index in [1.165, 1.54) is 24.3 Å². The van der Waals surface area contributed by atoms with E-state index in [9.17, 15) is 18.0 Å². The van der Waals surface area contributed by atoms with Crippen molar-refractivity contribution in [2.45, 2.75) is 18.7 Å². The zero-order valence-corrected chi connectivity index (χ0v) is 15.9. The van der Waals surface area contributed by atoms with Crippen molar-refractivity contribution in [3.8, 4) is 5.75 Å². The lowest BCUT2D eigenvalue weighted by Crippen LogP contribution is -2.31. The lowest BCUT2D eigenvalue weighted by molar-refractivity contribution is -0.274. The van der Waals surface area contributed by atoms with E-state index in [0.29, 0.717) is 25.2 Å². The van der Waals surface area contributed by atoms with Crippen LogP contribution in [0.25, 0.3) is 0 Å². The number of benzene rings is 2. The Balaban J connectivity index is 0.00000280. The monoisotopic (exact) mass is 414 g/mol. The molecule has 1 fully saturated rings. The molecule has 2 N–H and O–H groups in total. The quantitative estimate of drug-likeness (QED) is 0.810. The van der Waals surface area contributed by atoms with Crippen LogP contribution in [0.3, 0.4) is 0 Å². The van der Waals surface area contributed by atoms with Crippen LogP contribution in [0.2, 0.25) is 0 Å². The first-order valence-corrected chi connectivity index (χ1v) is 8.73. The van der Waals surface area contributed by atoms with Crippen molar-refractivity contribution in [1.29, 1.82) is 0 Å². The number of alkyl halides is 3. The van der Waals surface area contributed by atoms with E-state index in [0.717, 1.165) is 5.56 Å². The van der Waals surface area contributed by atoms with Crippen LogP contribution in [0, 0.1) is 5.92 Å². The summed E-state index contributed by atoms with van der Waals surface area (Å²) < 4.78 is 40.5. The molecular formula is C20H22ClF3N2O2. The van der Waals surface area contributed by atoms with Gasteiger partial charge >= 0.3 is 6.36 Å². The van der Waals surface area contributed by atoms with E-state index in [1.54, 1.807) is 4.90 Å². The second-order valence-electron chi connectivity index (χ2n) is 6.68. The third kappa shape index (κ3) is 5.62. The molecule has 2 aromatic rings. The van der Waals surface area contributed by atoms with Crippen LogP contribution in [0.5, 0.6) is 5.75 Å². The van der Waals surface area contributed by atoms with Crippen LogP contribution in [-0.2, 0) is 11.2 Å². The molecule has 4 nitrogen and oxygen atoms in total. The molecule has 0 aliphatic carbocycles. The molecule has 1 aliphatic heterocycles. The highest BCUT2D eigenvalue weighted by atomic mass is 35.5. The Morgan fingerprint density at radius 2 is 1.71 bits per heavy atom. The molecule has 2 atom stereocenters. The first-order chi connectivity index (χ1) is 12.9. The fraction of sp³-hybridized carbons (Fsp3) is 0.350. The topological polar surface area (TPSA) is 55.6 Å². The van der Waals surface area contributed by atoms with Gasteiger partial charge in [-0.1, -0.05) is 42.5 Å². The number of hydrogen-bond acceptors (Lipinski definition) is 3. The Morgan fingerprint density at radius 1 is 1.07 bits per heavy atom. The highest BCUT2D eigenvalue weighted by molar-refractivity contribution is 5.85. The molecule has 28 heavy (non-hydrogen) atoms. The highest BCUT2D eigenvalue weighted by Crippen LogP contribution is 2.32. The summed E-state index contributed by atoms with van der Waals surface area (Å²) in [7, 11) is 0. The van der Waals surface area contributed by atoms with Gasteiger partial charge in [0.2, 0.25) is 5.91 Å². The van der Waals surface area contributed by atoms with Gasteiger partial charge in [0, 0.05) is 19.0 Å². The van der Waals surface area contributed by atoms with E-state index in [4.69, 9.17) is 5.73 Å². The van der Waals surface area contributed by atoms with E-state index >= 15 is 0 Å². The first kappa shape index (κ1) is 22.0. The Hall–Kier alpha value is -2.25. The van der Waals surface area contributed by atoms with Gasteiger partial charge in [-0.15, -0.1) is 25.6 Å². The van der Waals surface area contributed by atoms with Crippen LogP contribution in [0.4, 0.5) is 13.2 Å². The smallest absolute Gasteiger partial charge is 0.406 e. The van der Waals surface area contributed by atoms with Gasteiger partial charge in [-0.2, -0.15) is 0 Å². The molecule has 1 amide bonds. The number of rotatable bonds is 5. The maximum Gasteiger partial charge on any atom is 0.573 e. The van der Waals surface area contributed by atoms with Gasteiger partial charge in [-0.25, -0.2) is 0 Å². The van der Waals surface area contributed by atoms with E-state index in [1.807, 2.05) is 30.3 Å². The summed E-state index contributed by atoms with van der Waals surface area (Å²) in [5.41, 5.74) is 7.70. The molecule has 0 spiro atoms. The number of ether oxygens (including phenoxy) is 1. The number of carbonyl (C=O) groups is 1. The van der Waals surface area contributed by atoms with Gasteiger partial charge in [0.05, 0.1) is 6.42 Å². The summed E-state index contributed by atoms with van der Waals surface area (Å²) in [6.45, 7) is 1.68. The minimum absolute atomic E-state index is 0. The Bertz CT molecular complexity index is 769. The largest absolute Gasteiger partial charge is 0.573 e. The predicted molar refractivity (Wildman–Crippen MR) is 102 cm³/mol. The van der Waals surface area contributed by atoms with Gasteiger partial charge in [0.25, 0.3) is 0 Å². The van der Waals surface area contributed by atoms with E-state index in [2.05, 4.69) is 4.74 Å². The summed E-state index contributed by atoms with van der Waals surface area (Å²) in [5.74, 6) is 0.0326. The number of halogens is 4. The van der Waals surface area contributed by atoms with Crippen molar-refractivity contribution in [2.24, 2.45) is 11.7 Å². The summed E-state index contributed by atoms with van der Waals surface area (Å²) in [4.78, 5) is 14.4. The number of nitrogens with zero attached hydrogens (tertiary/aromatic N) is 1. The Morgan fingerprint density at radius 3 is 2.29 bits per heavy atom. The van der Waals surface area contributed by atoms with Crippen LogP contribution < -0.4 is 10.5 Å². The zero-order chi connectivity index (χ0) is 19.4. The normalized spacial score (nSPS) is 19.2. The third-order valence-corrected chi connectivity index (χ3v) is 4.84. The zero-order valence-electron chi connectivity index (χ0n) is 15.1. The number of carbonyl (C=O) groups excluding carboxylic acids is 1. The summed E-state index contributed by atoms with van der Waals surface area (Å²) in [6, 6.07) is 15.4. The van der Waals surface area contributed by atoms with Crippen molar-refractivity contribution in [3.05, 3.63) is 65.7 Å². The van der Waals surface area contributed by atoms with E-state index in [-0.39, 0.29) is 42.3 Å². The molecule has 1 saturated heterocycles. The summed E-state index contributed by atoms with van der Waals surface area (Å²) >= 11 is 0. The molecule has 3 rings (SSSR count). The molecule has 152 valence electrons. The molecule has 2 aromatic carbocycles. The number of amides is 1. The van der Waals surface area contributed by atoms with Gasteiger partial charge < -0.3 is 15.4 Å². The molecule has 0 aromatic heterocycles. The molecule has 8 heteroatoms. The van der Waals surface area contributed by atoms with Crippen molar-refractivity contribution >= 4 is 18.3 Å². The fourth-order valence-corrected chi connectivity index (χ4v) is 3.49. The summed E-state index contributed by atoms with van der Waals surface area (Å²) in [6.07, 6.45) is -4.60. The number of hydrogen-bond donors (Lipinski definition) is 1. The van der Waals surface area contributed by atoms with Crippen LogP contribution in [0.15, 0.2) is 54.6 Å². The number of likely N-dealkylation sites (tertiary alicyclic amines) is 1. The van der Waals surface area contributed by atoms with Crippen molar-refractivity contribution in [1.82, 2.24) is 4.90 Å². The van der Waals surface area contributed by atoms with Crippen molar-refractivity contribution in [2.75, 3.05) is 19.6 Å². The first-order valence-electron chi connectivity index (χ1n) is 8.73.